The van der Waals surface area contributed by atoms with Crippen LogP contribution in [0.25, 0.3) is 11.3 Å². The van der Waals surface area contributed by atoms with Gasteiger partial charge in [0.25, 0.3) is 0 Å². The molecule has 0 saturated heterocycles. The van der Waals surface area contributed by atoms with Crippen LogP contribution in [-0.2, 0) is 11.2 Å². The Hall–Kier alpha value is -2.34. The molecule has 1 aromatic carbocycles. The lowest BCUT2D eigenvalue weighted by molar-refractivity contribution is -0.129. The Bertz CT molecular complexity index is 607. The number of benzene rings is 1. The summed E-state index contributed by atoms with van der Waals surface area (Å²) in [6.45, 7) is 0. The summed E-state index contributed by atoms with van der Waals surface area (Å²) in [5.41, 5.74) is 2.61. The molecule has 0 bridgehead atoms. The highest BCUT2D eigenvalue weighted by Gasteiger charge is 2.06. The third-order valence-corrected chi connectivity index (χ3v) is 3.60. The maximum Gasteiger partial charge on any atom is 0.243 e. The predicted molar refractivity (Wildman–Crippen MR) is 85.2 cm³/mol. The summed E-state index contributed by atoms with van der Waals surface area (Å²) in [5, 5.41) is 8.38. The fraction of sp³-hybridized carbons (Fsp3) is 0.412. The normalized spacial score (nSPS) is 10.5. The van der Waals surface area contributed by atoms with Gasteiger partial charge in [-0.3, -0.25) is 10.0 Å². The SMILES string of the molecule is COc1ccc(-c2cnc(CCCCCCC(=O)NO)o2)cc1. The minimum atomic E-state index is -0.332. The van der Waals surface area contributed by atoms with E-state index in [9.17, 15) is 4.79 Å². The lowest BCUT2D eigenvalue weighted by atomic mass is 10.1. The highest BCUT2D eigenvalue weighted by Crippen LogP contribution is 2.23. The third-order valence-electron chi connectivity index (χ3n) is 3.60. The molecule has 1 heterocycles. The molecule has 0 saturated carbocycles. The molecule has 6 heteroatoms. The number of hydrogen-bond acceptors (Lipinski definition) is 5. The van der Waals surface area contributed by atoms with Crippen LogP contribution < -0.4 is 10.2 Å². The topological polar surface area (TPSA) is 84.6 Å². The Labute approximate surface area is 135 Å². The number of rotatable bonds is 9. The van der Waals surface area contributed by atoms with Crippen LogP contribution in [0.2, 0.25) is 0 Å². The largest absolute Gasteiger partial charge is 0.497 e. The quantitative estimate of drug-likeness (QED) is 0.421. The molecule has 1 aromatic heterocycles. The van der Waals surface area contributed by atoms with Gasteiger partial charge in [-0.15, -0.1) is 0 Å². The van der Waals surface area contributed by atoms with E-state index in [1.807, 2.05) is 24.3 Å². The molecular weight excluding hydrogens is 296 g/mol. The lowest BCUT2D eigenvalue weighted by Crippen LogP contribution is -2.17. The monoisotopic (exact) mass is 318 g/mol. The summed E-state index contributed by atoms with van der Waals surface area (Å²) in [6.07, 6.45) is 6.55. The van der Waals surface area contributed by atoms with Crippen LogP contribution in [-0.4, -0.2) is 23.2 Å². The number of aryl methyl sites for hydroxylation is 1. The fourth-order valence-corrected chi connectivity index (χ4v) is 2.29. The molecular formula is C17H22N2O4. The minimum Gasteiger partial charge on any atom is -0.497 e. The van der Waals surface area contributed by atoms with Crippen molar-refractivity contribution in [1.82, 2.24) is 10.5 Å². The van der Waals surface area contributed by atoms with E-state index in [0.717, 1.165) is 55.1 Å². The number of carbonyl (C=O) groups is 1. The first kappa shape index (κ1) is 17.0. The van der Waals surface area contributed by atoms with Gasteiger partial charge >= 0.3 is 0 Å². The summed E-state index contributed by atoms with van der Waals surface area (Å²) in [5.74, 6) is 1.95. The number of hydrogen-bond donors (Lipinski definition) is 2. The van der Waals surface area contributed by atoms with Crippen molar-refractivity contribution in [2.45, 2.75) is 38.5 Å². The second-order valence-electron chi connectivity index (χ2n) is 5.30. The van der Waals surface area contributed by atoms with Crippen LogP contribution >= 0.6 is 0 Å². The van der Waals surface area contributed by atoms with Gasteiger partial charge in [0.15, 0.2) is 11.7 Å². The van der Waals surface area contributed by atoms with Gasteiger partial charge < -0.3 is 9.15 Å². The van der Waals surface area contributed by atoms with Gasteiger partial charge in [0, 0.05) is 18.4 Å². The van der Waals surface area contributed by atoms with Crippen LogP contribution in [0.4, 0.5) is 0 Å². The van der Waals surface area contributed by atoms with E-state index in [0.29, 0.717) is 6.42 Å². The van der Waals surface area contributed by atoms with E-state index in [4.69, 9.17) is 14.4 Å². The van der Waals surface area contributed by atoms with Gasteiger partial charge in [-0.25, -0.2) is 10.5 Å². The van der Waals surface area contributed by atoms with Crippen molar-refractivity contribution in [1.29, 1.82) is 0 Å². The summed E-state index contributed by atoms with van der Waals surface area (Å²) in [6, 6.07) is 7.66. The summed E-state index contributed by atoms with van der Waals surface area (Å²) in [7, 11) is 1.64. The van der Waals surface area contributed by atoms with Crippen molar-refractivity contribution in [2.75, 3.05) is 7.11 Å². The van der Waals surface area contributed by atoms with Crippen molar-refractivity contribution in [3.63, 3.8) is 0 Å². The molecule has 2 rings (SSSR count). The van der Waals surface area contributed by atoms with E-state index < -0.39 is 0 Å². The lowest BCUT2D eigenvalue weighted by Gasteiger charge is -2.01. The number of oxazole rings is 1. The molecule has 23 heavy (non-hydrogen) atoms. The van der Waals surface area contributed by atoms with Crippen LogP contribution in [0.3, 0.4) is 0 Å². The molecule has 2 N–H and O–H groups in total. The molecule has 0 aliphatic rings. The highest BCUT2D eigenvalue weighted by molar-refractivity contribution is 5.74. The molecule has 0 aliphatic heterocycles. The number of unbranched alkanes of at least 4 members (excludes halogenated alkanes) is 3. The van der Waals surface area contributed by atoms with Crippen LogP contribution in [0.1, 0.15) is 38.0 Å². The average molecular weight is 318 g/mol. The van der Waals surface area contributed by atoms with Crippen molar-refractivity contribution in [3.05, 3.63) is 36.4 Å². The van der Waals surface area contributed by atoms with Crippen LogP contribution in [0, 0.1) is 0 Å². The van der Waals surface area contributed by atoms with E-state index >= 15 is 0 Å². The number of methoxy groups -OCH3 is 1. The number of nitrogens with zero attached hydrogens (tertiary/aromatic N) is 1. The van der Waals surface area contributed by atoms with Crippen LogP contribution in [0.5, 0.6) is 5.75 Å². The number of nitrogens with one attached hydrogen (secondary N) is 1. The zero-order chi connectivity index (χ0) is 16.5. The van der Waals surface area contributed by atoms with Crippen molar-refractivity contribution < 1.29 is 19.2 Å². The van der Waals surface area contributed by atoms with E-state index in [2.05, 4.69) is 4.98 Å². The van der Waals surface area contributed by atoms with Gasteiger partial charge in [-0.1, -0.05) is 12.8 Å². The molecule has 2 aromatic rings. The Kier molecular flexibility index (Phi) is 6.62. The first-order valence-corrected chi connectivity index (χ1v) is 7.75. The number of ether oxygens (including phenoxy) is 1. The molecule has 0 atom stereocenters. The fourth-order valence-electron chi connectivity index (χ4n) is 2.29. The first-order chi connectivity index (χ1) is 11.2. The van der Waals surface area contributed by atoms with Gasteiger partial charge in [0.2, 0.25) is 5.91 Å². The number of aromatic nitrogens is 1. The van der Waals surface area contributed by atoms with E-state index in [-0.39, 0.29) is 5.91 Å². The molecule has 6 nitrogen and oxygen atoms in total. The molecule has 124 valence electrons. The molecule has 0 spiro atoms. The maximum absolute atomic E-state index is 10.8. The zero-order valence-corrected chi connectivity index (χ0v) is 13.2. The second kappa shape index (κ2) is 8.95. The van der Waals surface area contributed by atoms with E-state index in [1.165, 1.54) is 0 Å². The van der Waals surface area contributed by atoms with Gasteiger partial charge in [-0.05, 0) is 37.1 Å². The number of amides is 1. The zero-order valence-electron chi connectivity index (χ0n) is 13.2. The van der Waals surface area contributed by atoms with Gasteiger partial charge in [0.05, 0.1) is 13.3 Å². The molecule has 0 aliphatic carbocycles. The molecule has 1 amide bonds. The average Bonchev–Trinajstić information content (AvgIpc) is 3.06. The molecule has 0 unspecified atom stereocenters. The second-order valence-corrected chi connectivity index (χ2v) is 5.30. The van der Waals surface area contributed by atoms with Crippen LogP contribution in [0.15, 0.2) is 34.9 Å². The highest BCUT2D eigenvalue weighted by atomic mass is 16.5. The Morgan fingerprint density at radius 3 is 2.65 bits per heavy atom. The summed E-state index contributed by atoms with van der Waals surface area (Å²) < 4.78 is 10.9. The standard InChI is InChI=1S/C17H22N2O4/c1-22-14-10-8-13(9-11-14)15-12-18-17(23-15)7-5-3-2-4-6-16(20)19-21/h8-12,21H,2-7H2,1H3,(H,19,20). The Morgan fingerprint density at radius 1 is 1.22 bits per heavy atom. The number of hydroxylamine groups is 1. The smallest absolute Gasteiger partial charge is 0.243 e. The van der Waals surface area contributed by atoms with Gasteiger partial charge in [0.1, 0.15) is 5.75 Å². The summed E-state index contributed by atoms with van der Waals surface area (Å²) >= 11 is 0. The van der Waals surface area contributed by atoms with Crippen molar-refractivity contribution >= 4 is 5.91 Å². The third kappa shape index (κ3) is 5.41. The van der Waals surface area contributed by atoms with Crippen molar-refractivity contribution in [3.8, 4) is 17.1 Å². The number of carbonyl (C=O) groups excluding carboxylic acids is 1. The Balaban J connectivity index is 1.73. The predicted octanol–water partition coefficient (Wildman–Crippen LogP) is 3.35. The molecule has 0 fully saturated rings. The minimum absolute atomic E-state index is 0.332. The summed E-state index contributed by atoms with van der Waals surface area (Å²) in [4.78, 5) is 15.1. The maximum atomic E-state index is 10.8. The van der Waals surface area contributed by atoms with Crippen molar-refractivity contribution in [2.24, 2.45) is 0 Å². The first-order valence-electron chi connectivity index (χ1n) is 7.75. The Morgan fingerprint density at radius 2 is 1.96 bits per heavy atom. The van der Waals surface area contributed by atoms with Gasteiger partial charge in [-0.2, -0.15) is 0 Å². The molecule has 0 radical (unpaired) electrons. The van der Waals surface area contributed by atoms with E-state index in [1.54, 1.807) is 18.8 Å².